The van der Waals surface area contributed by atoms with Gasteiger partial charge in [0.2, 0.25) is 0 Å². The summed E-state index contributed by atoms with van der Waals surface area (Å²) < 4.78 is 26.2. The number of aliphatic imine (C=N–C) groups is 1. The number of nitrogens with one attached hydrogen (secondary N) is 1. The van der Waals surface area contributed by atoms with Crippen molar-refractivity contribution in [3.63, 3.8) is 0 Å². The van der Waals surface area contributed by atoms with Crippen LogP contribution in [0, 0.1) is 0 Å². The maximum absolute atomic E-state index is 11.9. The number of hydrogen-bond acceptors (Lipinski definition) is 4. The third kappa shape index (κ3) is 4.04. The lowest BCUT2D eigenvalue weighted by Crippen LogP contribution is -2.22. The van der Waals surface area contributed by atoms with Crippen LogP contribution >= 0.6 is 0 Å². The number of rotatable bonds is 7. The van der Waals surface area contributed by atoms with Gasteiger partial charge < -0.3 is 5.11 Å². The van der Waals surface area contributed by atoms with Crippen molar-refractivity contribution in [3.8, 4) is 0 Å². The smallest absolute Gasteiger partial charge is 0.303 e. The Bertz CT molecular complexity index is 653. The van der Waals surface area contributed by atoms with Gasteiger partial charge in [0.25, 0.3) is 10.0 Å². The number of aliphatic carboxylic acids is 1. The molecule has 0 atom stereocenters. The predicted octanol–water partition coefficient (Wildman–Crippen LogP) is 1.76. The van der Waals surface area contributed by atoms with Crippen molar-refractivity contribution in [2.45, 2.75) is 37.0 Å². The summed E-state index contributed by atoms with van der Waals surface area (Å²) >= 11 is 0. The van der Waals surface area contributed by atoms with Crippen LogP contribution in [0.3, 0.4) is 0 Å². The highest BCUT2D eigenvalue weighted by Gasteiger charge is 2.29. The molecule has 0 saturated carbocycles. The zero-order chi connectivity index (χ0) is 15.3. The lowest BCUT2D eigenvalue weighted by atomic mass is 10.1. The number of hydrogen-bond donors (Lipinski definition) is 2. The van der Waals surface area contributed by atoms with Crippen LogP contribution in [0.25, 0.3) is 0 Å². The van der Waals surface area contributed by atoms with Crippen molar-refractivity contribution < 1.29 is 18.3 Å². The topological polar surface area (TPSA) is 95.8 Å². The van der Waals surface area contributed by atoms with E-state index in [0.717, 1.165) is 19.3 Å². The lowest BCUT2D eigenvalue weighted by Gasteiger charge is -2.00. The molecule has 6 nitrogen and oxygen atoms in total. The SMILES string of the molecule is O=C(O)CCCCCCN=C1NS(=O)(=O)c2ccccc21. The molecule has 2 rings (SSSR count). The summed E-state index contributed by atoms with van der Waals surface area (Å²) in [6.07, 6.45) is 3.41. The Balaban J connectivity index is 1.85. The first-order valence-electron chi connectivity index (χ1n) is 6.89. The number of amidine groups is 1. The molecule has 1 aromatic carbocycles. The summed E-state index contributed by atoms with van der Waals surface area (Å²) in [6, 6.07) is 6.76. The van der Waals surface area contributed by atoms with E-state index in [2.05, 4.69) is 9.71 Å². The van der Waals surface area contributed by atoms with Gasteiger partial charge in [-0.05, 0) is 25.0 Å². The van der Waals surface area contributed by atoms with Crippen molar-refractivity contribution in [3.05, 3.63) is 29.8 Å². The molecule has 0 spiro atoms. The summed E-state index contributed by atoms with van der Waals surface area (Å²) in [5.74, 6) is -0.372. The fourth-order valence-corrected chi connectivity index (χ4v) is 3.43. The average molecular weight is 310 g/mol. The molecule has 0 saturated heterocycles. The number of carboxylic acid groups (broad SMARTS) is 1. The van der Waals surface area contributed by atoms with Crippen LogP contribution in [0.15, 0.2) is 34.2 Å². The molecule has 0 radical (unpaired) electrons. The molecule has 114 valence electrons. The molecule has 0 aromatic heterocycles. The number of carboxylic acids is 1. The minimum absolute atomic E-state index is 0.196. The van der Waals surface area contributed by atoms with Gasteiger partial charge in [0.15, 0.2) is 0 Å². The quantitative estimate of drug-likeness (QED) is 0.750. The second-order valence-corrected chi connectivity index (χ2v) is 6.54. The summed E-state index contributed by atoms with van der Waals surface area (Å²) in [5.41, 5.74) is 0.614. The summed E-state index contributed by atoms with van der Waals surface area (Å²) in [5, 5.41) is 8.51. The summed E-state index contributed by atoms with van der Waals surface area (Å²) in [6.45, 7) is 0.527. The molecular formula is C14H18N2O4S. The molecule has 1 aromatic rings. The third-order valence-electron chi connectivity index (χ3n) is 3.23. The first-order valence-corrected chi connectivity index (χ1v) is 8.37. The lowest BCUT2D eigenvalue weighted by molar-refractivity contribution is -0.137. The highest BCUT2D eigenvalue weighted by molar-refractivity contribution is 7.90. The van der Waals surface area contributed by atoms with E-state index in [-0.39, 0.29) is 11.3 Å². The molecule has 0 unspecified atom stereocenters. The van der Waals surface area contributed by atoms with Gasteiger partial charge in [0, 0.05) is 18.5 Å². The van der Waals surface area contributed by atoms with Crippen molar-refractivity contribution in [2.75, 3.05) is 6.54 Å². The molecule has 0 amide bonds. The number of unbranched alkanes of at least 4 members (excludes halogenated alkanes) is 3. The first-order chi connectivity index (χ1) is 10.0. The third-order valence-corrected chi connectivity index (χ3v) is 4.63. The summed E-state index contributed by atoms with van der Waals surface area (Å²) in [7, 11) is -3.46. The van der Waals surface area contributed by atoms with E-state index in [9.17, 15) is 13.2 Å². The molecule has 0 aliphatic carbocycles. The maximum Gasteiger partial charge on any atom is 0.303 e. The largest absolute Gasteiger partial charge is 0.481 e. The standard InChI is InChI=1S/C14H18N2O4S/c17-13(18)9-3-1-2-6-10-15-14-11-7-4-5-8-12(11)21(19,20)16-14/h4-5,7-8H,1-3,6,9-10H2,(H,15,16)(H,17,18). The van der Waals surface area contributed by atoms with Crippen molar-refractivity contribution in [1.29, 1.82) is 0 Å². The molecular weight excluding hydrogens is 292 g/mol. The van der Waals surface area contributed by atoms with E-state index in [0.29, 0.717) is 24.4 Å². The fraction of sp³-hybridized carbons (Fsp3) is 0.429. The van der Waals surface area contributed by atoms with E-state index in [1.54, 1.807) is 24.3 Å². The molecule has 21 heavy (non-hydrogen) atoms. The van der Waals surface area contributed by atoms with E-state index in [1.165, 1.54) is 0 Å². The number of benzene rings is 1. The van der Waals surface area contributed by atoms with Crippen molar-refractivity contribution in [1.82, 2.24) is 4.72 Å². The Morgan fingerprint density at radius 3 is 2.62 bits per heavy atom. The molecule has 7 heteroatoms. The van der Waals surface area contributed by atoms with Crippen LogP contribution in [0.2, 0.25) is 0 Å². The molecule has 1 aliphatic rings. The number of fused-ring (bicyclic) bond motifs is 1. The number of nitrogens with zero attached hydrogens (tertiary/aromatic N) is 1. The van der Waals surface area contributed by atoms with Gasteiger partial charge in [-0.25, -0.2) is 8.42 Å². The minimum atomic E-state index is -3.46. The zero-order valence-electron chi connectivity index (χ0n) is 11.6. The van der Waals surface area contributed by atoms with E-state index in [4.69, 9.17) is 5.11 Å². The van der Waals surface area contributed by atoms with Gasteiger partial charge >= 0.3 is 5.97 Å². The molecule has 1 heterocycles. The minimum Gasteiger partial charge on any atom is -0.481 e. The van der Waals surface area contributed by atoms with Crippen LogP contribution in [-0.2, 0) is 14.8 Å². The Hall–Kier alpha value is -1.89. The predicted molar refractivity (Wildman–Crippen MR) is 78.9 cm³/mol. The Morgan fingerprint density at radius 1 is 1.14 bits per heavy atom. The molecule has 0 fully saturated rings. The Labute approximate surface area is 124 Å². The second kappa shape index (κ2) is 6.71. The number of sulfonamides is 1. The van der Waals surface area contributed by atoms with Gasteiger partial charge in [-0.3, -0.25) is 14.5 Å². The highest BCUT2D eigenvalue weighted by Crippen LogP contribution is 2.22. The van der Waals surface area contributed by atoms with Gasteiger partial charge in [-0.2, -0.15) is 0 Å². The first kappa shape index (κ1) is 15.5. The van der Waals surface area contributed by atoms with E-state index < -0.39 is 16.0 Å². The maximum atomic E-state index is 11.9. The monoisotopic (exact) mass is 310 g/mol. The van der Waals surface area contributed by atoms with Gasteiger partial charge in [0.05, 0.1) is 4.90 Å². The van der Waals surface area contributed by atoms with Crippen LogP contribution in [0.5, 0.6) is 0 Å². The normalized spacial score (nSPS) is 17.4. The Morgan fingerprint density at radius 2 is 1.86 bits per heavy atom. The van der Waals surface area contributed by atoms with E-state index >= 15 is 0 Å². The second-order valence-electron chi connectivity index (χ2n) is 4.89. The fourth-order valence-electron chi connectivity index (χ4n) is 2.18. The van der Waals surface area contributed by atoms with Gasteiger partial charge in [0.1, 0.15) is 5.84 Å². The van der Waals surface area contributed by atoms with Gasteiger partial charge in [-0.1, -0.05) is 25.0 Å². The zero-order valence-corrected chi connectivity index (χ0v) is 12.4. The molecule has 1 aliphatic heterocycles. The van der Waals surface area contributed by atoms with Crippen molar-refractivity contribution >= 4 is 21.8 Å². The molecule has 2 N–H and O–H groups in total. The molecule has 0 bridgehead atoms. The highest BCUT2D eigenvalue weighted by atomic mass is 32.2. The van der Waals surface area contributed by atoms with Crippen LogP contribution in [-0.4, -0.2) is 31.9 Å². The van der Waals surface area contributed by atoms with E-state index in [1.807, 2.05) is 0 Å². The van der Waals surface area contributed by atoms with Crippen LogP contribution in [0.4, 0.5) is 0 Å². The van der Waals surface area contributed by atoms with Crippen molar-refractivity contribution in [2.24, 2.45) is 4.99 Å². The van der Waals surface area contributed by atoms with Crippen LogP contribution in [0.1, 0.15) is 37.7 Å². The average Bonchev–Trinajstić information content (AvgIpc) is 2.70. The van der Waals surface area contributed by atoms with Crippen LogP contribution < -0.4 is 4.72 Å². The van der Waals surface area contributed by atoms with Gasteiger partial charge in [-0.15, -0.1) is 0 Å². The summed E-state index contributed by atoms with van der Waals surface area (Å²) in [4.78, 5) is 14.9. The Kier molecular flexibility index (Phi) is 4.95. The number of carbonyl (C=O) groups is 1.